The summed E-state index contributed by atoms with van der Waals surface area (Å²) in [7, 11) is 0. The average Bonchev–Trinajstić information content (AvgIpc) is 3.06. The molecule has 2 aliphatic heterocycles. The number of halogens is 1. The molecule has 1 unspecified atom stereocenters. The highest BCUT2D eigenvalue weighted by Crippen LogP contribution is 2.40. The predicted octanol–water partition coefficient (Wildman–Crippen LogP) is 2.01. The quantitative estimate of drug-likeness (QED) is 0.924. The molecule has 112 valence electrons. The van der Waals surface area contributed by atoms with Crippen molar-refractivity contribution in [2.45, 2.75) is 12.8 Å². The lowest BCUT2D eigenvalue weighted by Gasteiger charge is -2.16. The summed E-state index contributed by atoms with van der Waals surface area (Å²) in [6.07, 6.45) is 0.794. The number of ether oxygens (including phenoxy) is 2. The molecule has 0 saturated carbocycles. The number of amides is 1. The van der Waals surface area contributed by atoms with Gasteiger partial charge in [0, 0.05) is 25.1 Å². The Labute approximate surface area is 126 Å². The highest BCUT2D eigenvalue weighted by atomic mass is 35.5. The molecule has 0 spiro atoms. The van der Waals surface area contributed by atoms with Crippen LogP contribution in [0.4, 0.5) is 0 Å². The molecule has 3 rings (SSSR count). The second-order valence-electron chi connectivity index (χ2n) is 5.20. The van der Waals surface area contributed by atoms with Crippen LogP contribution >= 0.6 is 11.6 Å². The third kappa shape index (κ3) is 2.76. The fraction of sp³-hybridized carbons (Fsp3) is 0.429. The standard InChI is InChI=1S/C14H14ClNO5/c15-10-4-9(5-11-13(10)21-7-20-11)14(19)16-2-1-8(6-16)3-12(17)18/h4-5,8H,1-3,6-7H2,(H,17,18). The van der Waals surface area contributed by atoms with Crippen LogP contribution in [0.2, 0.25) is 5.02 Å². The molecule has 7 heteroatoms. The molecule has 1 aromatic rings. The Kier molecular flexibility index (Phi) is 3.63. The van der Waals surface area contributed by atoms with Crippen LogP contribution in [0.3, 0.4) is 0 Å². The van der Waals surface area contributed by atoms with Crippen LogP contribution in [0, 0.1) is 5.92 Å². The van der Waals surface area contributed by atoms with Crippen LogP contribution in [-0.2, 0) is 4.79 Å². The van der Waals surface area contributed by atoms with Crippen molar-refractivity contribution in [2.24, 2.45) is 5.92 Å². The Hall–Kier alpha value is -1.95. The maximum atomic E-state index is 12.5. The molecule has 0 radical (unpaired) electrons. The fourth-order valence-corrected chi connectivity index (χ4v) is 2.97. The van der Waals surface area contributed by atoms with Gasteiger partial charge >= 0.3 is 5.97 Å². The molecule has 1 atom stereocenters. The molecule has 2 aliphatic rings. The number of nitrogens with zero attached hydrogens (tertiary/aromatic N) is 1. The Morgan fingerprint density at radius 1 is 1.38 bits per heavy atom. The molecule has 1 saturated heterocycles. The molecule has 0 bridgehead atoms. The fourth-order valence-electron chi connectivity index (χ4n) is 2.70. The Balaban J connectivity index is 1.74. The van der Waals surface area contributed by atoms with Crippen LogP contribution in [-0.4, -0.2) is 41.8 Å². The van der Waals surface area contributed by atoms with Crippen molar-refractivity contribution in [2.75, 3.05) is 19.9 Å². The van der Waals surface area contributed by atoms with Crippen molar-refractivity contribution in [3.05, 3.63) is 22.7 Å². The number of benzene rings is 1. The molecule has 1 aromatic carbocycles. The van der Waals surface area contributed by atoms with Crippen molar-refractivity contribution in [3.63, 3.8) is 0 Å². The molecule has 6 nitrogen and oxygen atoms in total. The van der Waals surface area contributed by atoms with Gasteiger partial charge in [-0.2, -0.15) is 0 Å². The van der Waals surface area contributed by atoms with Gasteiger partial charge < -0.3 is 19.5 Å². The highest BCUT2D eigenvalue weighted by Gasteiger charge is 2.30. The SMILES string of the molecule is O=C(O)CC1CCN(C(=O)c2cc(Cl)c3c(c2)OCO3)C1. The number of hydrogen-bond donors (Lipinski definition) is 1. The van der Waals surface area contributed by atoms with Crippen LogP contribution in [0.1, 0.15) is 23.2 Å². The predicted molar refractivity (Wildman–Crippen MR) is 73.8 cm³/mol. The second-order valence-corrected chi connectivity index (χ2v) is 5.60. The summed E-state index contributed by atoms with van der Waals surface area (Å²) in [4.78, 5) is 24.8. The van der Waals surface area contributed by atoms with E-state index in [4.69, 9.17) is 26.2 Å². The van der Waals surface area contributed by atoms with Crippen molar-refractivity contribution >= 4 is 23.5 Å². The van der Waals surface area contributed by atoms with Crippen molar-refractivity contribution < 1.29 is 24.2 Å². The van der Waals surface area contributed by atoms with Crippen molar-refractivity contribution in [3.8, 4) is 11.5 Å². The summed E-state index contributed by atoms with van der Waals surface area (Å²) < 4.78 is 10.5. The summed E-state index contributed by atoms with van der Waals surface area (Å²) in [5.74, 6) is -0.0648. The molecule has 1 N–H and O–H groups in total. The number of aliphatic carboxylic acids is 1. The minimum atomic E-state index is -0.833. The highest BCUT2D eigenvalue weighted by molar-refractivity contribution is 6.32. The Morgan fingerprint density at radius 2 is 2.19 bits per heavy atom. The molecule has 21 heavy (non-hydrogen) atoms. The largest absolute Gasteiger partial charge is 0.481 e. The molecule has 1 fully saturated rings. The van der Waals surface area contributed by atoms with Crippen molar-refractivity contribution in [1.29, 1.82) is 0 Å². The molecular formula is C14H14ClNO5. The van der Waals surface area contributed by atoms with Gasteiger partial charge in [0.2, 0.25) is 6.79 Å². The van der Waals surface area contributed by atoms with Gasteiger partial charge in [0.1, 0.15) is 0 Å². The van der Waals surface area contributed by atoms with E-state index in [9.17, 15) is 9.59 Å². The number of fused-ring (bicyclic) bond motifs is 1. The van der Waals surface area contributed by atoms with Gasteiger partial charge in [-0.3, -0.25) is 9.59 Å². The maximum Gasteiger partial charge on any atom is 0.303 e. The van der Waals surface area contributed by atoms with E-state index in [1.165, 1.54) is 0 Å². The van der Waals surface area contributed by atoms with Gasteiger partial charge in [-0.05, 0) is 24.5 Å². The number of carbonyl (C=O) groups excluding carboxylic acids is 1. The Morgan fingerprint density at radius 3 is 2.95 bits per heavy atom. The number of hydrogen-bond acceptors (Lipinski definition) is 4. The summed E-state index contributed by atoms with van der Waals surface area (Å²) >= 11 is 6.07. The lowest BCUT2D eigenvalue weighted by atomic mass is 10.1. The van der Waals surface area contributed by atoms with Crippen LogP contribution in [0.5, 0.6) is 11.5 Å². The van der Waals surface area contributed by atoms with E-state index in [-0.39, 0.29) is 25.0 Å². The van der Waals surface area contributed by atoms with E-state index < -0.39 is 5.97 Å². The Bertz CT molecular complexity index is 603. The summed E-state index contributed by atoms with van der Waals surface area (Å²) in [6, 6.07) is 3.17. The number of likely N-dealkylation sites (tertiary alicyclic amines) is 1. The van der Waals surface area contributed by atoms with E-state index in [1.54, 1.807) is 17.0 Å². The molecule has 2 heterocycles. The van der Waals surface area contributed by atoms with Gasteiger partial charge in [-0.1, -0.05) is 11.6 Å². The van der Waals surface area contributed by atoms with Crippen LogP contribution < -0.4 is 9.47 Å². The minimum absolute atomic E-state index is 0.0101. The van der Waals surface area contributed by atoms with Gasteiger partial charge in [0.25, 0.3) is 5.91 Å². The monoisotopic (exact) mass is 311 g/mol. The zero-order valence-electron chi connectivity index (χ0n) is 11.2. The lowest BCUT2D eigenvalue weighted by Crippen LogP contribution is -2.29. The first-order valence-electron chi connectivity index (χ1n) is 6.65. The van der Waals surface area contributed by atoms with E-state index >= 15 is 0 Å². The molecular weight excluding hydrogens is 298 g/mol. The summed E-state index contributed by atoms with van der Waals surface area (Å²) in [6.45, 7) is 1.11. The van der Waals surface area contributed by atoms with E-state index in [1.807, 2.05) is 0 Å². The minimum Gasteiger partial charge on any atom is -0.481 e. The van der Waals surface area contributed by atoms with Gasteiger partial charge in [0.05, 0.1) is 5.02 Å². The van der Waals surface area contributed by atoms with Crippen LogP contribution in [0.25, 0.3) is 0 Å². The average molecular weight is 312 g/mol. The second kappa shape index (κ2) is 5.44. The molecule has 0 aliphatic carbocycles. The maximum absolute atomic E-state index is 12.5. The number of carbonyl (C=O) groups is 2. The lowest BCUT2D eigenvalue weighted by molar-refractivity contribution is -0.138. The third-order valence-corrected chi connectivity index (χ3v) is 3.99. The van der Waals surface area contributed by atoms with Gasteiger partial charge in [-0.25, -0.2) is 0 Å². The molecule has 0 aromatic heterocycles. The number of carboxylic acids is 1. The number of rotatable bonds is 3. The van der Waals surface area contributed by atoms with Crippen molar-refractivity contribution in [1.82, 2.24) is 4.90 Å². The molecule has 1 amide bonds. The van der Waals surface area contributed by atoms with E-state index in [2.05, 4.69) is 0 Å². The summed E-state index contributed by atoms with van der Waals surface area (Å²) in [5, 5.41) is 9.15. The van der Waals surface area contributed by atoms with E-state index in [0.717, 1.165) is 0 Å². The number of carboxylic acid groups (broad SMARTS) is 1. The first kappa shape index (κ1) is 14.0. The first-order chi connectivity index (χ1) is 10.0. The summed E-state index contributed by atoms with van der Waals surface area (Å²) in [5.41, 5.74) is 0.431. The first-order valence-corrected chi connectivity index (χ1v) is 7.02. The zero-order chi connectivity index (χ0) is 15.0. The topological polar surface area (TPSA) is 76.1 Å². The van der Waals surface area contributed by atoms with Gasteiger partial charge in [0.15, 0.2) is 11.5 Å². The van der Waals surface area contributed by atoms with E-state index in [0.29, 0.717) is 41.6 Å². The normalized spacial score (nSPS) is 19.9. The van der Waals surface area contributed by atoms with Crippen LogP contribution in [0.15, 0.2) is 12.1 Å². The zero-order valence-corrected chi connectivity index (χ0v) is 11.9. The smallest absolute Gasteiger partial charge is 0.303 e. The third-order valence-electron chi connectivity index (χ3n) is 3.71. The van der Waals surface area contributed by atoms with Gasteiger partial charge in [-0.15, -0.1) is 0 Å².